The summed E-state index contributed by atoms with van der Waals surface area (Å²) < 4.78 is 5.14. The molecule has 0 fully saturated rings. The van der Waals surface area contributed by atoms with Crippen LogP contribution in [-0.2, 0) is 4.74 Å². The Kier molecular flexibility index (Phi) is 5.53. The monoisotopic (exact) mass is 155 g/mol. The van der Waals surface area contributed by atoms with Crippen LogP contribution in [0.2, 0.25) is 0 Å². The molecule has 0 radical (unpaired) electrons. The molecular formula is C9H17NO. The summed E-state index contributed by atoms with van der Waals surface area (Å²) in [6, 6.07) is 0. The van der Waals surface area contributed by atoms with Crippen LogP contribution in [0.1, 0.15) is 27.2 Å². The van der Waals surface area contributed by atoms with Gasteiger partial charge in [0.25, 0.3) is 0 Å². The smallest absolute Gasteiger partial charge is 0.182 e. The Morgan fingerprint density at radius 1 is 1.55 bits per heavy atom. The average Bonchev–Trinajstić information content (AvgIpc) is 1.97. The van der Waals surface area contributed by atoms with Crippen LogP contribution in [0.5, 0.6) is 0 Å². The number of nitrogens with one attached hydrogen (secondary N) is 1. The minimum atomic E-state index is 0.209. The Morgan fingerprint density at radius 3 is 2.64 bits per heavy atom. The van der Waals surface area contributed by atoms with Crippen LogP contribution < -0.4 is 0 Å². The fourth-order valence-corrected chi connectivity index (χ4v) is 0.570. The van der Waals surface area contributed by atoms with Crippen LogP contribution in [-0.4, -0.2) is 12.5 Å². The van der Waals surface area contributed by atoms with E-state index in [1.165, 1.54) is 0 Å². The van der Waals surface area contributed by atoms with Crippen LogP contribution in [0.4, 0.5) is 0 Å². The highest BCUT2D eigenvalue weighted by Crippen LogP contribution is 1.97. The van der Waals surface area contributed by atoms with Crippen molar-refractivity contribution in [3.63, 3.8) is 0 Å². The zero-order chi connectivity index (χ0) is 8.69. The Hall–Kier alpha value is -0.790. The lowest BCUT2D eigenvalue weighted by atomic mass is 10.2. The van der Waals surface area contributed by atoms with Crippen LogP contribution >= 0.6 is 0 Å². The second-order valence-corrected chi connectivity index (χ2v) is 2.73. The summed E-state index contributed by atoms with van der Waals surface area (Å²) in [7, 11) is 0. The van der Waals surface area contributed by atoms with Crippen molar-refractivity contribution in [2.45, 2.75) is 27.2 Å². The first-order valence-corrected chi connectivity index (χ1v) is 4.01. The highest BCUT2D eigenvalue weighted by molar-refractivity contribution is 5.74. The molecule has 0 saturated carbocycles. The van der Waals surface area contributed by atoms with E-state index in [2.05, 4.69) is 0 Å². The highest BCUT2D eigenvalue weighted by Gasteiger charge is 2.01. The van der Waals surface area contributed by atoms with E-state index in [4.69, 9.17) is 10.1 Å². The molecule has 0 rings (SSSR count). The van der Waals surface area contributed by atoms with E-state index in [-0.39, 0.29) is 5.92 Å². The van der Waals surface area contributed by atoms with Gasteiger partial charge in [0, 0.05) is 5.92 Å². The van der Waals surface area contributed by atoms with Gasteiger partial charge in [0.2, 0.25) is 0 Å². The standard InChI is InChI=1S/C9H17NO/c1-4-5-6-7-11-9(10)8(2)3/h4-5,8,10H,6-7H2,1-3H3/b5-4-,10-9?. The molecule has 2 heteroatoms. The predicted molar refractivity (Wildman–Crippen MR) is 47.9 cm³/mol. The number of ether oxygens (including phenoxy) is 1. The first-order valence-electron chi connectivity index (χ1n) is 4.01. The van der Waals surface area contributed by atoms with E-state index >= 15 is 0 Å². The van der Waals surface area contributed by atoms with Gasteiger partial charge in [-0.3, -0.25) is 5.41 Å². The van der Waals surface area contributed by atoms with Crippen LogP contribution in [0.15, 0.2) is 12.2 Å². The first-order chi connectivity index (χ1) is 5.18. The van der Waals surface area contributed by atoms with Crippen LogP contribution in [0, 0.1) is 11.3 Å². The molecule has 0 aliphatic carbocycles. The van der Waals surface area contributed by atoms with Gasteiger partial charge in [0.1, 0.15) is 0 Å². The maximum Gasteiger partial charge on any atom is 0.182 e. The number of hydrogen-bond donors (Lipinski definition) is 1. The van der Waals surface area contributed by atoms with Gasteiger partial charge in [-0.25, -0.2) is 0 Å². The van der Waals surface area contributed by atoms with Crippen molar-refractivity contribution in [1.29, 1.82) is 5.41 Å². The zero-order valence-electron chi connectivity index (χ0n) is 7.55. The van der Waals surface area contributed by atoms with E-state index in [0.29, 0.717) is 12.5 Å². The van der Waals surface area contributed by atoms with Crippen molar-refractivity contribution in [2.24, 2.45) is 5.92 Å². The summed E-state index contributed by atoms with van der Waals surface area (Å²) in [5.41, 5.74) is 0. The SMILES string of the molecule is C/C=C\CCOC(=N)C(C)C. The molecule has 0 aliphatic heterocycles. The molecule has 0 aromatic heterocycles. The van der Waals surface area contributed by atoms with Crippen molar-refractivity contribution in [2.75, 3.05) is 6.61 Å². The molecule has 0 heterocycles. The maximum absolute atomic E-state index is 7.33. The van der Waals surface area contributed by atoms with Crippen molar-refractivity contribution in [1.82, 2.24) is 0 Å². The maximum atomic E-state index is 7.33. The van der Waals surface area contributed by atoms with Crippen molar-refractivity contribution in [3.8, 4) is 0 Å². The van der Waals surface area contributed by atoms with Crippen LogP contribution in [0.25, 0.3) is 0 Å². The summed E-state index contributed by atoms with van der Waals surface area (Å²) in [4.78, 5) is 0. The quantitative estimate of drug-likeness (QED) is 0.288. The number of hydrogen-bond acceptors (Lipinski definition) is 2. The van der Waals surface area contributed by atoms with Crippen molar-refractivity contribution < 1.29 is 4.74 Å². The molecule has 0 aromatic carbocycles. The Balaban J connectivity index is 3.32. The summed E-state index contributed by atoms with van der Waals surface area (Å²) >= 11 is 0. The highest BCUT2D eigenvalue weighted by atomic mass is 16.5. The number of allylic oxidation sites excluding steroid dienone is 1. The summed E-state index contributed by atoms with van der Waals surface area (Å²) in [6.07, 6.45) is 4.92. The summed E-state index contributed by atoms with van der Waals surface area (Å²) in [5.74, 6) is 0.593. The van der Waals surface area contributed by atoms with Gasteiger partial charge in [0.15, 0.2) is 5.90 Å². The fourth-order valence-electron chi connectivity index (χ4n) is 0.570. The third kappa shape index (κ3) is 5.64. The first kappa shape index (κ1) is 10.2. The lowest BCUT2D eigenvalue weighted by Gasteiger charge is -2.07. The Labute approximate surface area is 68.8 Å². The number of rotatable bonds is 4. The van der Waals surface area contributed by atoms with Gasteiger partial charge < -0.3 is 4.74 Å². The largest absolute Gasteiger partial charge is 0.481 e. The minimum absolute atomic E-state index is 0.209. The molecule has 0 amide bonds. The molecule has 2 nitrogen and oxygen atoms in total. The zero-order valence-corrected chi connectivity index (χ0v) is 7.55. The lowest BCUT2D eigenvalue weighted by molar-refractivity contribution is 0.289. The molecule has 0 spiro atoms. The van der Waals surface area contributed by atoms with E-state index in [1.807, 2.05) is 32.9 Å². The molecule has 1 N–H and O–H groups in total. The second-order valence-electron chi connectivity index (χ2n) is 2.73. The molecule has 0 unspecified atom stereocenters. The predicted octanol–water partition coefficient (Wildman–Crippen LogP) is 2.60. The molecular weight excluding hydrogens is 138 g/mol. The lowest BCUT2D eigenvalue weighted by Crippen LogP contribution is -2.10. The van der Waals surface area contributed by atoms with Gasteiger partial charge in [-0.1, -0.05) is 26.0 Å². The molecule has 0 saturated heterocycles. The van der Waals surface area contributed by atoms with Gasteiger partial charge in [-0.05, 0) is 13.3 Å². The summed E-state index contributed by atoms with van der Waals surface area (Å²) in [6.45, 7) is 6.52. The second kappa shape index (κ2) is 5.96. The van der Waals surface area contributed by atoms with E-state index in [1.54, 1.807) is 0 Å². The molecule has 64 valence electrons. The molecule has 0 aromatic rings. The third-order valence-electron chi connectivity index (χ3n) is 1.30. The van der Waals surface area contributed by atoms with Gasteiger partial charge in [-0.2, -0.15) is 0 Å². The van der Waals surface area contributed by atoms with Gasteiger partial charge in [-0.15, -0.1) is 0 Å². The topological polar surface area (TPSA) is 33.1 Å². The Bertz CT molecular complexity index is 138. The third-order valence-corrected chi connectivity index (χ3v) is 1.30. The van der Waals surface area contributed by atoms with Gasteiger partial charge >= 0.3 is 0 Å². The fraction of sp³-hybridized carbons (Fsp3) is 0.667. The Morgan fingerprint density at radius 2 is 2.18 bits per heavy atom. The van der Waals surface area contributed by atoms with E-state index in [0.717, 1.165) is 6.42 Å². The van der Waals surface area contributed by atoms with E-state index < -0.39 is 0 Å². The molecule has 0 atom stereocenters. The van der Waals surface area contributed by atoms with E-state index in [9.17, 15) is 0 Å². The summed E-state index contributed by atoms with van der Waals surface area (Å²) in [5, 5.41) is 7.33. The van der Waals surface area contributed by atoms with Crippen molar-refractivity contribution in [3.05, 3.63) is 12.2 Å². The molecule has 11 heavy (non-hydrogen) atoms. The molecule has 0 bridgehead atoms. The van der Waals surface area contributed by atoms with Crippen LogP contribution in [0.3, 0.4) is 0 Å². The van der Waals surface area contributed by atoms with Crippen molar-refractivity contribution >= 4 is 5.90 Å². The molecule has 0 aliphatic rings. The van der Waals surface area contributed by atoms with Gasteiger partial charge in [0.05, 0.1) is 6.61 Å². The minimum Gasteiger partial charge on any atom is -0.481 e. The normalized spacial score (nSPS) is 10.9. The average molecular weight is 155 g/mol.